The molecule has 25 heavy (non-hydrogen) atoms. The molecular formula is C20H33FO3S. The van der Waals surface area contributed by atoms with Crippen LogP contribution in [-0.4, -0.2) is 33.1 Å². The molecule has 0 aliphatic carbocycles. The summed E-state index contributed by atoms with van der Waals surface area (Å²) in [6.45, 7) is 13.4. The molecule has 0 unspecified atom stereocenters. The van der Waals surface area contributed by atoms with Crippen molar-refractivity contribution >= 4 is 9.84 Å². The third-order valence-corrected chi connectivity index (χ3v) is 5.77. The summed E-state index contributed by atoms with van der Waals surface area (Å²) >= 11 is 0. The molecule has 0 aliphatic rings. The zero-order valence-electron chi connectivity index (χ0n) is 16.4. The first-order chi connectivity index (χ1) is 11.3. The van der Waals surface area contributed by atoms with Crippen molar-refractivity contribution in [3.8, 4) is 0 Å². The summed E-state index contributed by atoms with van der Waals surface area (Å²) in [5.41, 5.74) is 0.716. The highest BCUT2D eigenvalue weighted by atomic mass is 32.2. The number of hydrogen-bond donors (Lipinski definition) is 0. The van der Waals surface area contributed by atoms with Gasteiger partial charge < -0.3 is 4.74 Å². The molecule has 1 atom stereocenters. The number of ether oxygens (including phenoxy) is 1. The van der Waals surface area contributed by atoms with Gasteiger partial charge >= 0.3 is 0 Å². The Morgan fingerprint density at radius 1 is 1.04 bits per heavy atom. The van der Waals surface area contributed by atoms with Gasteiger partial charge in [-0.3, -0.25) is 0 Å². The van der Waals surface area contributed by atoms with E-state index >= 15 is 0 Å². The Hall–Kier alpha value is -0.940. The second kappa shape index (κ2) is 8.63. The highest BCUT2D eigenvalue weighted by Gasteiger charge is 2.30. The number of hydrogen-bond acceptors (Lipinski definition) is 3. The predicted octanol–water partition coefficient (Wildman–Crippen LogP) is 4.82. The van der Waals surface area contributed by atoms with Gasteiger partial charge in [0.2, 0.25) is 0 Å². The van der Waals surface area contributed by atoms with E-state index in [-0.39, 0.29) is 34.1 Å². The fourth-order valence-electron chi connectivity index (χ4n) is 2.64. The molecule has 5 heteroatoms. The lowest BCUT2D eigenvalue weighted by molar-refractivity contribution is 0.0720. The highest BCUT2D eigenvalue weighted by molar-refractivity contribution is 7.91. The normalized spacial score (nSPS) is 14.5. The molecule has 0 spiro atoms. The SMILES string of the molecule is CC(C)(C)COCCCS(=O)(=O)C[C@H](c1ccc(F)cc1)C(C)(C)C. The van der Waals surface area contributed by atoms with Crippen LogP contribution >= 0.6 is 0 Å². The third-order valence-electron chi connectivity index (χ3n) is 4.02. The van der Waals surface area contributed by atoms with E-state index in [1.165, 1.54) is 12.1 Å². The number of benzene rings is 1. The van der Waals surface area contributed by atoms with E-state index in [0.717, 1.165) is 5.56 Å². The number of rotatable bonds is 8. The lowest BCUT2D eigenvalue weighted by Gasteiger charge is -2.31. The topological polar surface area (TPSA) is 43.4 Å². The largest absolute Gasteiger partial charge is 0.381 e. The monoisotopic (exact) mass is 372 g/mol. The second-order valence-electron chi connectivity index (χ2n) is 9.05. The van der Waals surface area contributed by atoms with Gasteiger partial charge in [0, 0.05) is 12.5 Å². The van der Waals surface area contributed by atoms with E-state index < -0.39 is 9.84 Å². The molecule has 0 bridgehead atoms. The Labute approximate surface area is 152 Å². The molecule has 1 aromatic rings. The second-order valence-corrected chi connectivity index (χ2v) is 11.3. The Kier molecular flexibility index (Phi) is 7.63. The standard InChI is InChI=1S/C20H33FO3S/c1-19(2,3)15-24-12-7-13-25(22,23)14-18(20(4,5)6)16-8-10-17(21)11-9-16/h8-11,18H,7,12-15H2,1-6H3/t18-/m1/s1. The first kappa shape index (κ1) is 22.1. The van der Waals surface area contributed by atoms with Crippen molar-refractivity contribution < 1.29 is 17.5 Å². The van der Waals surface area contributed by atoms with Crippen LogP contribution in [0.3, 0.4) is 0 Å². The quantitative estimate of drug-likeness (QED) is 0.614. The molecule has 0 radical (unpaired) electrons. The molecule has 0 N–H and O–H groups in total. The van der Waals surface area contributed by atoms with Crippen molar-refractivity contribution in [1.29, 1.82) is 0 Å². The lowest BCUT2D eigenvalue weighted by atomic mass is 9.78. The van der Waals surface area contributed by atoms with Gasteiger partial charge in [0.25, 0.3) is 0 Å². The molecule has 0 heterocycles. The van der Waals surface area contributed by atoms with Gasteiger partial charge in [0.15, 0.2) is 9.84 Å². The summed E-state index contributed by atoms with van der Waals surface area (Å²) in [4.78, 5) is 0. The van der Waals surface area contributed by atoms with Gasteiger partial charge in [0.05, 0.1) is 18.1 Å². The van der Waals surface area contributed by atoms with Gasteiger partial charge in [-0.25, -0.2) is 12.8 Å². The Balaban J connectivity index is 2.68. The minimum Gasteiger partial charge on any atom is -0.381 e. The van der Waals surface area contributed by atoms with E-state index in [0.29, 0.717) is 19.6 Å². The van der Waals surface area contributed by atoms with Crippen molar-refractivity contribution in [3.63, 3.8) is 0 Å². The molecule has 0 saturated carbocycles. The average Bonchev–Trinajstić information content (AvgIpc) is 2.43. The summed E-state index contributed by atoms with van der Waals surface area (Å²) in [7, 11) is -3.21. The predicted molar refractivity (Wildman–Crippen MR) is 102 cm³/mol. The highest BCUT2D eigenvalue weighted by Crippen LogP contribution is 2.36. The summed E-state index contributed by atoms with van der Waals surface area (Å²) in [5.74, 6) is -0.296. The zero-order chi connectivity index (χ0) is 19.3. The third kappa shape index (κ3) is 8.82. The molecule has 0 fully saturated rings. The molecule has 0 saturated heterocycles. The van der Waals surface area contributed by atoms with Gasteiger partial charge in [-0.15, -0.1) is 0 Å². The van der Waals surface area contributed by atoms with Crippen molar-refractivity contribution in [2.24, 2.45) is 10.8 Å². The van der Waals surface area contributed by atoms with Crippen LogP contribution in [0.1, 0.15) is 59.4 Å². The summed E-state index contributed by atoms with van der Waals surface area (Å²) in [6, 6.07) is 6.16. The molecule has 3 nitrogen and oxygen atoms in total. The average molecular weight is 373 g/mol. The van der Waals surface area contributed by atoms with E-state index in [1.54, 1.807) is 12.1 Å². The Morgan fingerprint density at radius 2 is 1.60 bits per heavy atom. The number of halogens is 1. The molecule has 0 amide bonds. The summed E-state index contributed by atoms with van der Waals surface area (Å²) in [5, 5.41) is 0. The van der Waals surface area contributed by atoms with Crippen LogP contribution in [-0.2, 0) is 14.6 Å². The maximum atomic E-state index is 13.2. The molecule has 1 rings (SSSR count). The Morgan fingerprint density at radius 3 is 2.08 bits per heavy atom. The van der Waals surface area contributed by atoms with Gasteiger partial charge in [-0.1, -0.05) is 53.7 Å². The first-order valence-corrected chi connectivity index (χ1v) is 10.7. The maximum absolute atomic E-state index is 13.2. The molecular weight excluding hydrogens is 339 g/mol. The van der Waals surface area contributed by atoms with Crippen LogP contribution in [0, 0.1) is 16.6 Å². The molecule has 1 aromatic carbocycles. The Bertz CT molecular complexity index is 622. The van der Waals surface area contributed by atoms with E-state index in [4.69, 9.17) is 4.74 Å². The molecule has 144 valence electrons. The van der Waals surface area contributed by atoms with Crippen molar-refractivity contribution in [3.05, 3.63) is 35.6 Å². The fraction of sp³-hybridized carbons (Fsp3) is 0.700. The molecule has 0 aliphatic heterocycles. The minimum absolute atomic E-state index is 0.0708. The van der Waals surface area contributed by atoms with Crippen LogP contribution in [0.15, 0.2) is 24.3 Å². The van der Waals surface area contributed by atoms with Crippen molar-refractivity contribution in [2.75, 3.05) is 24.7 Å². The van der Waals surface area contributed by atoms with Gasteiger partial charge in [-0.05, 0) is 34.9 Å². The van der Waals surface area contributed by atoms with Crippen LogP contribution in [0.4, 0.5) is 4.39 Å². The lowest BCUT2D eigenvalue weighted by Crippen LogP contribution is -2.28. The van der Waals surface area contributed by atoms with Crippen LogP contribution < -0.4 is 0 Å². The summed E-state index contributed by atoms with van der Waals surface area (Å²) < 4.78 is 43.8. The van der Waals surface area contributed by atoms with E-state index in [2.05, 4.69) is 20.8 Å². The maximum Gasteiger partial charge on any atom is 0.151 e. The van der Waals surface area contributed by atoms with Gasteiger partial charge in [0.1, 0.15) is 5.82 Å². The van der Waals surface area contributed by atoms with E-state index in [1.807, 2.05) is 20.8 Å². The number of sulfone groups is 1. The van der Waals surface area contributed by atoms with Crippen LogP contribution in [0.2, 0.25) is 0 Å². The smallest absolute Gasteiger partial charge is 0.151 e. The first-order valence-electron chi connectivity index (χ1n) is 8.84. The molecule has 0 aromatic heterocycles. The van der Waals surface area contributed by atoms with Crippen LogP contribution in [0.25, 0.3) is 0 Å². The summed E-state index contributed by atoms with van der Waals surface area (Å²) in [6.07, 6.45) is 0.499. The van der Waals surface area contributed by atoms with Crippen molar-refractivity contribution in [1.82, 2.24) is 0 Å². The van der Waals surface area contributed by atoms with Gasteiger partial charge in [-0.2, -0.15) is 0 Å². The van der Waals surface area contributed by atoms with Crippen LogP contribution in [0.5, 0.6) is 0 Å². The minimum atomic E-state index is -3.21. The zero-order valence-corrected chi connectivity index (χ0v) is 17.2. The fourth-order valence-corrected chi connectivity index (χ4v) is 4.56. The van der Waals surface area contributed by atoms with Crippen molar-refractivity contribution in [2.45, 2.75) is 53.9 Å². The van der Waals surface area contributed by atoms with E-state index in [9.17, 15) is 12.8 Å².